The van der Waals surface area contributed by atoms with Crippen LogP contribution in [-0.4, -0.2) is 16.1 Å². The van der Waals surface area contributed by atoms with Gasteiger partial charge in [-0.3, -0.25) is 0 Å². The minimum atomic E-state index is 0.136. The van der Waals surface area contributed by atoms with Gasteiger partial charge in [-0.2, -0.15) is 0 Å². The predicted octanol–water partition coefficient (Wildman–Crippen LogP) is 2.60. The Morgan fingerprint density at radius 1 is 1.31 bits per heavy atom. The monoisotopic (exact) mass is 182 g/mol. The minimum Gasteiger partial charge on any atom is -0.461 e. The van der Waals surface area contributed by atoms with Crippen molar-refractivity contribution in [3.8, 4) is 6.01 Å². The Morgan fingerprint density at radius 3 is 2.38 bits per heavy atom. The molecule has 3 nitrogen and oxygen atoms in total. The molecular formula is C10H18N2O. The second-order valence-electron chi connectivity index (χ2n) is 2.65. The van der Waals surface area contributed by atoms with Gasteiger partial charge in [0.15, 0.2) is 0 Å². The van der Waals surface area contributed by atoms with Crippen LogP contribution in [0.25, 0.3) is 0 Å². The molecule has 0 aliphatic rings. The average Bonchev–Trinajstić information content (AvgIpc) is 2.06. The highest BCUT2D eigenvalue weighted by molar-refractivity contribution is 5.03. The average molecular weight is 182 g/mol. The van der Waals surface area contributed by atoms with Crippen molar-refractivity contribution in [2.75, 3.05) is 0 Å². The zero-order chi connectivity index (χ0) is 10.3. The third kappa shape index (κ3) is 5.17. The molecule has 0 unspecified atom stereocenters. The molecule has 0 aliphatic carbocycles. The van der Waals surface area contributed by atoms with Crippen LogP contribution >= 0.6 is 0 Å². The molecule has 0 bridgehead atoms. The molecule has 13 heavy (non-hydrogen) atoms. The Kier molecular flexibility index (Phi) is 5.85. The van der Waals surface area contributed by atoms with Gasteiger partial charge in [-0.05, 0) is 26.8 Å². The molecule has 0 aromatic carbocycles. The van der Waals surface area contributed by atoms with Crippen molar-refractivity contribution in [2.24, 2.45) is 0 Å². The van der Waals surface area contributed by atoms with E-state index in [1.165, 1.54) is 0 Å². The highest BCUT2D eigenvalue weighted by Gasteiger charge is 1.98. The van der Waals surface area contributed by atoms with E-state index < -0.39 is 0 Å². The Hall–Kier alpha value is -1.12. The van der Waals surface area contributed by atoms with E-state index in [1.807, 2.05) is 40.7 Å². The van der Waals surface area contributed by atoms with Gasteiger partial charge < -0.3 is 4.74 Å². The fraction of sp³-hybridized carbons (Fsp3) is 0.600. The first-order valence-electron chi connectivity index (χ1n) is 4.65. The first-order valence-corrected chi connectivity index (χ1v) is 4.65. The summed E-state index contributed by atoms with van der Waals surface area (Å²) in [7, 11) is 0. The first kappa shape index (κ1) is 11.9. The number of aromatic nitrogens is 2. The first-order chi connectivity index (χ1) is 6.18. The zero-order valence-corrected chi connectivity index (χ0v) is 9.03. The lowest BCUT2D eigenvalue weighted by Gasteiger charge is -2.06. The largest absolute Gasteiger partial charge is 0.461 e. The fourth-order valence-electron chi connectivity index (χ4n) is 0.693. The number of hydrogen-bond acceptors (Lipinski definition) is 3. The summed E-state index contributed by atoms with van der Waals surface area (Å²) < 4.78 is 5.27. The van der Waals surface area contributed by atoms with Crippen LogP contribution < -0.4 is 4.74 Å². The van der Waals surface area contributed by atoms with E-state index in [2.05, 4.69) is 9.97 Å². The summed E-state index contributed by atoms with van der Waals surface area (Å²) >= 11 is 0. The highest BCUT2D eigenvalue weighted by Crippen LogP contribution is 2.03. The molecule has 0 N–H and O–H groups in total. The molecule has 0 aliphatic heterocycles. The lowest BCUT2D eigenvalue weighted by Crippen LogP contribution is -2.08. The molecule has 0 saturated heterocycles. The Bertz CT molecular complexity index is 236. The van der Waals surface area contributed by atoms with Crippen molar-refractivity contribution in [3.63, 3.8) is 0 Å². The van der Waals surface area contributed by atoms with Crippen LogP contribution in [0.2, 0.25) is 0 Å². The van der Waals surface area contributed by atoms with Crippen LogP contribution in [0.15, 0.2) is 12.3 Å². The molecule has 0 amide bonds. The molecule has 0 saturated carbocycles. The summed E-state index contributed by atoms with van der Waals surface area (Å²) in [5.41, 5.74) is 0.927. The number of aryl methyl sites for hydroxylation is 1. The summed E-state index contributed by atoms with van der Waals surface area (Å²) in [4.78, 5) is 8.03. The van der Waals surface area contributed by atoms with Crippen LogP contribution in [0.1, 0.15) is 33.4 Å². The Labute approximate surface area is 80.2 Å². The van der Waals surface area contributed by atoms with E-state index >= 15 is 0 Å². The van der Waals surface area contributed by atoms with Gasteiger partial charge in [0.25, 0.3) is 0 Å². The van der Waals surface area contributed by atoms with Crippen molar-refractivity contribution in [2.45, 2.75) is 40.7 Å². The maximum Gasteiger partial charge on any atom is 0.316 e. The second kappa shape index (κ2) is 6.40. The van der Waals surface area contributed by atoms with Gasteiger partial charge in [0.1, 0.15) is 0 Å². The van der Waals surface area contributed by atoms with Crippen molar-refractivity contribution < 1.29 is 4.74 Å². The topological polar surface area (TPSA) is 35.0 Å². The molecule has 0 fully saturated rings. The molecule has 0 spiro atoms. The third-order valence-electron chi connectivity index (χ3n) is 1.11. The van der Waals surface area contributed by atoms with E-state index in [0.29, 0.717) is 6.01 Å². The van der Waals surface area contributed by atoms with Crippen LogP contribution in [0.4, 0.5) is 0 Å². The highest BCUT2D eigenvalue weighted by atomic mass is 16.5. The Morgan fingerprint density at radius 2 is 1.92 bits per heavy atom. The van der Waals surface area contributed by atoms with Crippen LogP contribution in [0.3, 0.4) is 0 Å². The van der Waals surface area contributed by atoms with E-state index in [0.717, 1.165) is 5.69 Å². The standard InChI is InChI=1S/C8H12N2O.C2H6/c1-6(2)11-8-9-5-4-7(3)10-8;1-2/h4-6H,1-3H3;1-2H3. The molecule has 0 radical (unpaired) electrons. The summed E-state index contributed by atoms with van der Waals surface area (Å²) in [6.07, 6.45) is 1.83. The molecule has 0 atom stereocenters. The molecule has 1 aromatic heterocycles. The summed E-state index contributed by atoms with van der Waals surface area (Å²) in [5.74, 6) is 0. The quantitative estimate of drug-likeness (QED) is 0.705. The van der Waals surface area contributed by atoms with Gasteiger partial charge in [0.05, 0.1) is 6.10 Å². The Balaban J connectivity index is 0.000000671. The molecule has 1 heterocycles. The van der Waals surface area contributed by atoms with E-state index in [9.17, 15) is 0 Å². The smallest absolute Gasteiger partial charge is 0.316 e. The maximum atomic E-state index is 5.27. The molecule has 74 valence electrons. The van der Waals surface area contributed by atoms with Gasteiger partial charge in [-0.25, -0.2) is 9.97 Å². The molecule has 1 aromatic rings. The van der Waals surface area contributed by atoms with Crippen molar-refractivity contribution in [1.29, 1.82) is 0 Å². The normalized spacial score (nSPS) is 9.08. The molecule has 3 heteroatoms. The van der Waals surface area contributed by atoms with Gasteiger partial charge in [0, 0.05) is 11.9 Å². The van der Waals surface area contributed by atoms with Crippen molar-refractivity contribution in [1.82, 2.24) is 9.97 Å². The molecule has 1 rings (SSSR count). The maximum absolute atomic E-state index is 5.27. The zero-order valence-electron chi connectivity index (χ0n) is 9.03. The second-order valence-corrected chi connectivity index (χ2v) is 2.65. The van der Waals surface area contributed by atoms with Gasteiger partial charge in [0.2, 0.25) is 0 Å². The van der Waals surface area contributed by atoms with Crippen molar-refractivity contribution >= 4 is 0 Å². The fourth-order valence-corrected chi connectivity index (χ4v) is 0.693. The van der Waals surface area contributed by atoms with E-state index in [4.69, 9.17) is 4.74 Å². The lowest BCUT2D eigenvalue weighted by atomic mass is 10.5. The minimum absolute atomic E-state index is 0.136. The van der Waals surface area contributed by atoms with Crippen LogP contribution in [0, 0.1) is 6.92 Å². The number of nitrogens with zero attached hydrogens (tertiary/aromatic N) is 2. The number of ether oxygens (including phenoxy) is 1. The predicted molar refractivity (Wildman–Crippen MR) is 53.9 cm³/mol. The van der Waals surface area contributed by atoms with Crippen molar-refractivity contribution in [3.05, 3.63) is 18.0 Å². The number of rotatable bonds is 2. The van der Waals surface area contributed by atoms with Gasteiger partial charge in [-0.1, -0.05) is 13.8 Å². The summed E-state index contributed by atoms with van der Waals surface area (Å²) in [6.45, 7) is 9.81. The summed E-state index contributed by atoms with van der Waals surface area (Å²) in [6, 6.07) is 2.30. The number of hydrogen-bond donors (Lipinski definition) is 0. The third-order valence-corrected chi connectivity index (χ3v) is 1.11. The van der Waals surface area contributed by atoms with Crippen LogP contribution in [-0.2, 0) is 0 Å². The van der Waals surface area contributed by atoms with Crippen LogP contribution in [0.5, 0.6) is 6.01 Å². The van der Waals surface area contributed by atoms with E-state index in [-0.39, 0.29) is 6.10 Å². The lowest BCUT2D eigenvalue weighted by molar-refractivity contribution is 0.221. The summed E-state index contributed by atoms with van der Waals surface area (Å²) in [5, 5.41) is 0. The van der Waals surface area contributed by atoms with Gasteiger partial charge >= 0.3 is 6.01 Å². The van der Waals surface area contributed by atoms with Gasteiger partial charge in [-0.15, -0.1) is 0 Å². The SMILES string of the molecule is CC.Cc1ccnc(OC(C)C)n1. The van der Waals surface area contributed by atoms with E-state index in [1.54, 1.807) is 6.20 Å². The molecular weight excluding hydrogens is 164 g/mol.